The number of nitrogens with one attached hydrogen (secondary N) is 1. The fourth-order valence-corrected chi connectivity index (χ4v) is 2.04. The molecule has 1 aliphatic carbocycles. The molecule has 3 nitrogen and oxygen atoms in total. The van der Waals surface area contributed by atoms with Crippen LogP contribution in [0.25, 0.3) is 0 Å². The smallest absolute Gasteiger partial charge is 0.224 e. The van der Waals surface area contributed by atoms with Crippen molar-refractivity contribution in [2.45, 2.75) is 33.1 Å². The van der Waals surface area contributed by atoms with Gasteiger partial charge in [-0.25, -0.2) is 9.97 Å². The molecule has 1 heterocycles. The lowest BCUT2D eigenvalue weighted by atomic mass is 10.2. The molecule has 1 aliphatic rings. The van der Waals surface area contributed by atoms with Gasteiger partial charge in [-0.2, -0.15) is 0 Å². The molecule has 0 atom stereocenters. The van der Waals surface area contributed by atoms with Crippen molar-refractivity contribution in [1.29, 1.82) is 0 Å². The zero-order chi connectivity index (χ0) is 10.8. The van der Waals surface area contributed by atoms with Gasteiger partial charge in [-0.05, 0) is 36.8 Å². The van der Waals surface area contributed by atoms with E-state index in [9.17, 15) is 0 Å². The second kappa shape index (κ2) is 4.35. The maximum atomic E-state index is 5.88. The fourth-order valence-electron chi connectivity index (χ4n) is 1.85. The lowest BCUT2D eigenvalue weighted by Gasteiger charge is -2.11. The molecule has 0 fully saturated rings. The average molecular weight is 226 g/mol. The molecule has 2 rings (SSSR count). The van der Waals surface area contributed by atoms with Crippen LogP contribution in [0, 0.1) is 5.92 Å². The van der Waals surface area contributed by atoms with Gasteiger partial charge in [0.05, 0.1) is 5.69 Å². The summed E-state index contributed by atoms with van der Waals surface area (Å²) in [7, 11) is 0. The highest BCUT2D eigenvalue weighted by molar-refractivity contribution is 6.28. The summed E-state index contributed by atoms with van der Waals surface area (Å²) < 4.78 is 0. The van der Waals surface area contributed by atoms with Crippen molar-refractivity contribution in [2.75, 3.05) is 11.9 Å². The molecule has 0 saturated carbocycles. The highest BCUT2D eigenvalue weighted by Crippen LogP contribution is 2.27. The minimum Gasteiger partial charge on any atom is -0.369 e. The van der Waals surface area contributed by atoms with E-state index in [1.165, 1.54) is 12.0 Å². The summed E-state index contributed by atoms with van der Waals surface area (Å²) >= 11 is 5.88. The average Bonchev–Trinajstić information content (AvgIpc) is 2.61. The van der Waals surface area contributed by atoms with E-state index in [0.29, 0.717) is 11.2 Å². The molecule has 4 heteroatoms. The standard InChI is InChI=1S/C11H16ClN3/c1-7(2)6-13-10-8-4-3-5-9(8)14-11(12)15-10/h7H,3-6H2,1-2H3,(H,13,14,15). The Balaban J connectivity index is 2.22. The number of rotatable bonds is 3. The van der Waals surface area contributed by atoms with E-state index in [1.807, 2.05) is 0 Å². The molecule has 0 saturated heterocycles. The van der Waals surface area contributed by atoms with E-state index >= 15 is 0 Å². The van der Waals surface area contributed by atoms with E-state index < -0.39 is 0 Å². The molecular weight excluding hydrogens is 210 g/mol. The Labute approximate surface area is 95.3 Å². The molecule has 1 N–H and O–H groups in total. The van der Waals surface area contributed by atoms with Crippen molar-refractivity contribution in [3.05, 3.63) is 16.5 Å². The Morgan fingerprint density at radius 1 is 1.33 bits per heavy atom. The molecule has 1 aromatic heterocycles. The maximum Gasteiger partial charge on any atom is 0.224 e. The molecule has 0 radical (unpaired) electrons. The number of fused-ring (bicyclic) bond motifs is 1. The number of hydrogen-bond acceptors (Lipinski definition) is 3. The van der Waals surface area contributed by atoms with Gasteiger partial charge in [0.1, 0.15) is 5.82 Å². The molecule has 15 heavy (non-hydrogen) atoms. The third kappa shape index (κ3) is 2.40. The first-order valence-corrected chi connectivity index (χ1v) is 5.83. The van der Waals surface area contributed by atoms with Gasteiger partial charge < -0.3 is 5.32 Å². The van der Waals surface area contributed by atoms with Crippen LogP contribution in [-0.2, 0) is 12.8 Å². The van der Waals surface area contributed by atoms with E-state index in [2.05, 4.69) is 29.1 Å². The summed E-state index contributed by atoms with van der Waals surface area (Å²) in [6.07, 6.45) is 3.28. The number of aryl methyl sites for hydroxylation is 1. The van der Waals surface area contributed by atoms with Crippen molar-refractivity contribution in [3.63, 3.8) is 0 Å². The molecule has 0 amide bonds. The summed E-state index contributed by atoms with van der Waals surface area (Å²) in [6.45, 7) is 5.28. The summed E-state index contributed by atoms with van der Waals surface area (Å²) in [5, 5.41) is 3.71. The zero-order valence-corrected chi connectivity index (χ0v) is 9.93. The summed E-state index contributed by atoms with van der Waals surface area (Å²) in [5.74, 6) is 1.55. The highest BCUT2D eigenvalue weighted by atomic mass is 35.5. The number of halogens is 1. The minimum atomic E-state index is 0.363. The van der Waals surface area contributed by atoms with Crippen LogP contribution < -0.4 is 5.32 Å². The SMILES string of the molecule is CC(C)CNc1nc(Cl)nc2c1CCC2. The van der Waals surface area contributed by atoms with Gasteiger partial charge in [-0.15, -0.1) is 0 Å². The Morgan fingerprint density at radius 2 is 2.13 bits per heavy atom. The van der Waals surface area contributed by atoms with E-state index in [0.717, 1.165) is 30.9 Å². The van der Waals surface area contributed by atoms with Crippen molar-refractivity contribution >= 4 is 17.4 Å². The van der Waals surface area contributed by atoms with Crippen molar-refractivity contribution in [1.82, 2.24) is 9.97 Å². The third-order valence-corrected chi connectivity index (χ3v) is 2.75. The topological polar surface area (TPSA) is 37.8 Å². The molecule has 82 valence electrons. The van der Waals surface area contributed by atoms with Crippen LogP contribution in [0.15, 0.2) is 0 Å². The minimum absolute atomic E-state index is 0.363. The second-order valence-electron chi connectivity index (χ2n) is 4.39. The fraction of sp³-hybridized carbons (Fsp3) is 0.636. The molecular formula is C11H16ClN3. The number of hydrogen-bond donors (Lipinski definition) is 1. The molecule has 0 unspecified atom stereocenters. The largest absolute Gasteiger partial charge is 0.369 e. The molecule has 0 bridgehead atoms. The first-order valence-electron chi connectivity index (χ1n) is 5.46. The van der Waals surface area contributed by atoms with Crippen molar-refractivity contribution in [3.8, 4) is 0 Å². The molecule has 0 spiro atoms. The predicted molar refractivity (Wildman–Crippen MR) is 62.4 cm³/mol. The van der Waals surface area contributed by atoms with Crippen LogP contribution in [0.2, 0.25) is 5.28 Å². The van der Waals surface area contributed by atoms with E-state index in [1.54, 1.807) is 0 Å². The van der Waals surface area contributed by atoms with E-state index in [4.69, 9.17) is 11.6 Å². The van der Waals surface area contributed by atoms with Crippen LogP contribution in [0.5, 0.6) is 0 Å². The maximum absolute atomic E-state index is 5.88. The Hall–Kier alpha value is -0.830. The van der Waals surface area contributed by atoms with Gasteiger partial charge in [0, 0.05) is 12.1 Å². The van der Waals surface area contributed by atoms with Crippen molar-refractivity contribution in [2.24, 2.45) is 5.92 Å². The highest BCUT2D eigenvalue weighted by Gasteiger charge is 2.18. The first-order chi connectivity index (χ1) is 7.16. The number of anilines is 1. The van der Waals surface area contributed by atoms with Gasteiger partial charge in [-0.3, -0.25) is 0 Å². The van der Waals surface area contributed by atoms with Crippen LogP contribution in [-0.4, -0.2) is 16.5 Å². The molecule has 0 aromatic carbocycles. The van der Waals surface area contributed by atoms with E-state index in [-0.39, 0.29) is 0 Å². The van der Waals surface area contributed by atoms with Gasteiger partial charge in [-0.1, -0.05) is 13.8 Å². The van der Waals surface area contributed by atoms with Crippen LogP contribution in [0.4, 0.5) is 5.82 Å². The Kier molecular flexibility index (Phi) is 3.10. The summed E-state index contributed by atoms with van der Waals surface area (Å²) in [4.78, 5) is 8.52. The Bertz CT molecular complexity index is 363. The predicted octanol–water partition coefficient (Wildman–Crippen LogP) is 2.69. The first kappa shape index (κ1) is 10.7. The number of nitrogens with zero attached hydrogens (tertiary/aromatic N) is 2. The van der Waals surface area contributed by atoms with Crippen LogP contribution in [0.1, 0.15) is 31.5 Å². The summed E-state index contributed by atoms with van der Waals surface area (Å²) in [6, 6.07) is 0. The van der Waals surface area contributed by atoms with Crippen molar-refractivity contribution < 1.29 is 0 Å². The van der Waals surface area contributed by atoms with Gasteiger partial charge in [0.15, 0.2) is 0 Å². The third-order valence-electron chi connectivity index (χ3n) is 2.58. The van der Waals surface area contributed by atoms with Gasteiger partial charge >= 0.3 is 0 Å². The van der Waals surface area contributed by atoms with Gasteiger partial charge in [0.25, 0.3) is 0 Å². The lowest BCUT2D eigenvalue weighted by Crippen LogP contribution is -2.12. The molecule has 0 aliphatic heterocycles. The summed E-state index contributed by atoms with van der Waals surface area (Å²) in [5.41, 5.74) is 2.39. The normalized spacial score (nSPS) is 14.4. The number of aromatic nitrogens is 2. The van der Waals surface area contributed by atoms with Gasteiger partial charge in [0.2, 0.25) is 5.28 Å². The van der Waals surface area contributed by atoms with Crippen LogP contribution >= 0.6 is 11.6 Å². The zero-order valence-electron chi connectivity index (χ0n) is 9.18. The monoisotopic (exact) mass is 225 g/mol. The second-order valence-corrected chi connectivity index (χ2v) is 4.73. The quantitative estimate of drug-likeness (QED) is 0.804. The van der Waals surface area contributed by atoms with Crippen LogP contribution in [0.3, 0.4) is 0 Å². The molecule has 1 aromatic rings. The lowest BCUT2D eigenvalue weighted by molar-refractivity contribution is 0.686. The Morgan fingerprint density at radius 3 is 2.87 bits per heavy atom.